The molecule has 0 aromatic rings. The van der Waals surface area contributed by atoms with Crippen LogP contribution in [-0.2, 0) is 15.6 Å². The predicted molar refractivity (Wildman–Crippen MR) is 42.2 cm³/mol. The Morgan fingerprint density at radius 2 is 2.20 bits per heavy atom. The number of nitrogens with two attached hydrogens (primary N) is 1. The maximum absolute atomic E-state index is 10.5. The zero-order chi connectivity index (χ0) is 8.15. The number of carbonyl (C=O) groups excluding carboxylic acids is 1. The highest BCUT2D eigenvalue weighted by Gasteiger charge is 2.07. The summed E-state index contributed by atoms with van der Waals surface area (Å²) in [5.41, 5.74) is 5.38. The van der Waals surface area contributed by atoms with E-state index in [-0.39, 0.29) is 5.78 Å². The zero-order valence-corrected chi connectivity index (χ0v) is 7.11. The highest BCUT2D eigenvalue weighted by atomic mass is 32.2. The van der Waals surface area contributed by atoms with Crippen molar-refractivity contribution >= 4 is 16.6 Å². The molecule has 1 unspecified atom stereocenters. The van der Waals surface area contributed by atoms with Crippen molar-refractivity contribution in [3.63, 3.8) is 0 Å². The third-order valence-electron chi connectivity index (χ3n) is 1.24. The van der Waals surface area contributed by atoms with E-state index in [1.54, 1.807) is 6.26 Å². The second kappa shape index (κ2) is 4.57. The van der Waals surface area contributed by atoms with Gasteiger partial charge in [0.1, 0.15) is 5.78 Å². The molecule has 0 aliphatic carbocycles. The normalized spacial score (nSPS) is 16.3. The van der Waals surface area contributed by atoms with Gasteiger partial charge < -0.3 is 5.73 Å². The molecule has 0 bridgehead atoms. The molecule has 0 saturated carbocycles. The third kappa shape index (κ3) is 4.64. The second-order valence-electron chi connectivity index (χ2n) is 2.28. The smallest absolute Gasteiger partial charge is 0.146 e. The lowest BCUT2D eigenvalue weighted by atomic mass is 10.2. The van der Waals surface area contributed by atoms with Crippen LogP contribution in [0.3, 0.4) is 0 Å². The Balaban J connectivity index is 3.49. The number of carbonyl (C=O) groups is 1. The number of rotatable bonds is 4. The maximum atomic E-state index is 10.5. The van der Waals surface area contributed by atoms with Crippen LogP contribution in [0.5, 0.6) is 0 Å². The van der Waals surface area contributed by atoms with E-state index >= 15 is 0 Å². The molecule has 3 nitrogen and oxygen atoms in total. The van der Waals surface area contributed by atoms with Crippen LogP contribution < -0.4 is 5.73 Å². The Bertz CT molecular complexity index is 147. The molecule has 0 heterocycles. The second-order valence-corrected chi connectivity index (χ2v) is 3.84. The summed E-state index contributed by atoms with van der Waals surface area (Å²) in [7, 11) is -0.835. The van der Waals surface area contributed by atoms with Gasteiger partial charge in [0.25, 0.3) is 0 Å². The third-order valence-corrected chi connectivity index (χ3v) is 2.05. The van der Waals surface area contributed by atoms with E-state index in [9.17, 15) is 9.00 Å². The van der Waals surface area contributed by atoms with Gasteiger partial charge in [0.05, 0.1) is 6.04 Å². The minimum absolute atomic E-state index is 0.0366. The minimum atomic E-state index is -0.835. The van der Waals surface area contributed by atoms with Gasteiger partial charge in [-0.3, -0.25) is 9.00 Å². The van der Waals surface area contributed by atoms with Crippen LogP contribution in [0.1, 0.15) is 13.3 Å². The molecule has 4 heteroatoms. The van der Waals surface area contributed by atoms with Crippen LogP contribution in [0.25, 0.3) is 0 Å². The van der Waals surface area contributed by atoms with E-state index in [1.165, 1.54) is 6.92 Å². The molecule has 0 aromatic heterocycles. The Kier molecular flexibility index (Phi) is 4.47. The van der Waals surface area contributed by atoms with Crippen LogP contribution >= 0.6 is 0 Å². The van der Waals surface area contributed by atoms with E-state index < -0.39 is 16.8 Å². The van der Waals surface area contributed by atoms with E-state index in [2.05, 4.69) is 0 Å². The Morgan fingerprint density at radius 3 is 2.50 bits per heavy atom. The molecule has 0 aliphatic rings. The van der Waals surface area contributed by atoms with Gasteiger partial charge in [-0.1, -0.05) is 0 Å². The molecular weight excluding hydrogens is 150 g/mol. The molecule has 2 atom stereocenters. The summed E-state index contributed by atoms with van der Waals surface area (Å²) in [6, 6.07) is -0.427. The number of hydrogen-bond donors (Lipinski definition) is 1. The van der Waals surface area contributed by atoms with Crippen molar-refractivity contribution < 1.29 is 9.00 Å². The molecule has 0 fully saturated rings. The molecule has 0 spiro atoms. The summed E-state index contributed by atoms with van der Waals surface area (Å²) in [4.78, 5) is 10.5. The van der Waals surface area contributed by atoms with Crippen molar-refractivity contribution in [3.8, 4) is 0 Å². The van der Waals surface area contributed by atoms with Gasteiger partial charge in [-0.25, -0.2) is 0 Å². The largest absolute Gasteiger partial charge is 0.321 e. The molecule has 0 radical (unpaired) electrons. The van der Waals surface area contributed by atoms with Gasteiger partial charge in [-0.05, 0) is 13.3 Å². The van der Waals surface area contributed by atoms with Gasteiger partial charge >= 0.3 is 0 Å². The first-order valence-corrected chi connectivity index (χ1v) is 4.83. The van der Waals surface area contributed by atoms with Crippen molar-refractivity contribution in [2.75, 3.05) is 12.0 Å². The predicted octanol–water partition coefficient (Wildman–Crippen LogP) is -0.329. The monoisotopic (exact) mass is 163 g/mol. The lowest BCUT2D eigenvalue weighted by Crippen LogP contribution is -2.29. The van der Waals surface area contributed by atoms with Crippen LogP contribution in [-0.4, -0.2) is 28.0 Å². The molecule has 2 N–H and O–H groups in total. The van der Waals surface area contributed by atoms with Crippen molar-refractivity contribution in [2.24, 2.45) is 5.73 Å². The molecular formula is C6H13NO2S. The highest BCUT2D eigenvalue weighted by molar-refractivity contribution is 7.84. The van der Waals surface area contributed by atoms with Crippen LogP contribution in [0.2, 0.25) is 0 Å². The molecule has 0 aliphatic heterocycles. The molecule has 0 rings (SSSR count). The highest BCUT2D eigenvalue weighted by Crippen LogP contribution is 1.91. The van der Waals surface area contributed by atoms with Crippen molar-refractivity contribution in [1.82, 2.24) is 0 Å². The average molecular weight is 163 g/mol. The molecule has 0 amide bonds. The fourth-order valence-electron chi connectivity index (χ4n) is 0.496. The van der Waals surface area contributed by atoms with Gasteiger partial charge in [0, 0.05) is 22.8 Å². The SMILES string of the molecule is CC(=O)[C@@H](N)CCS(C)=O. The van der Waals surface area contributed by atoms with Crippen molar-refractivity contribution in [3.05, 3.63) is 0 Å². The summed E-state index contributed by atoms with van der Waals surface area (Å²) >= 11 is 0. The van der Waals surface area contributed by atoms with Crippen molar-refractivity contribution in [1.29, 1.82) is 0 Å². The van der Waals surface area contributed by atoms with Gasteiger partial charge in [0.15, 0.2) is 0 Å². The standard InChI is InChI=1S/C6H13NO2S/c1-5(8)6(7)3-4-10(2)9/h6H,3-4,7H2,1-2H3/t6-,10?/m0/s1. The van der Waals surface area contributed by atoms with E-state index in [1.807, 2.05) is 0 Å². The maximum Gasteiger partial charge on any atom is 0.146 e. The Hall–Kier alpha value is -0.220. The van der Waals surface area contributed by atoms with Crippen LogP contribution in [0.15, 0.2) is 0 Å². The molecule has 0 aromatic carbocycles. The molecule has 60 valence electrons. The minimum Gasteiger partial charge on any atom is -0.321 e. The zero-order valence-electron chi connectivity index (χ0n) is 6.29. The van der Waals surface area contributed by atoms with Crippen molar-refractivity contribution in [2.45, 2.75) is 19.4 Å². The lowest BCUT2D eigenvalue weighted by Gasteiger charge is -2.04. The summed E-state index contributed by atoms with van der Waals surface area (Å²) < 4.78 is 10.5. The Labute approximate surface area is 63.4 Å². The van der Waals surface area contributed by atoms with Gasteiger partial charge in [0.2, 0.25) is 0 Å². The van der Waals surface area contributed by atoms with Crippen LogP contribution in [0.4, 0.5) is 0 Å². The van der Waals surface area contributed by atoms with E-state index in [0.717, 1.165) is 0 Å². The first-order chi connectivity index (χ1) is 4.54. The fourth-order valence-corrected chi connectivity index (χ4v) is 1.08. The van der Waals surface area contributed by atoms with E-state index in [4.69, 9.17) is 5.73 Å². The molecule has 0 saturated heterocycles. The van der Waals surface area contributed by atoms with E-state index in [0.29, 0.717) is 12.2 Å². The number of ketones is 1. The number of hydrogen-bond acceptors (Lipinski definition) is 3. The van der Waals surface area contributed by atoms with Gasteiger partial charge in [-0.2, -0.15) is 0 Å². The summed E-state index contributed by atoms with van der Waals surface area (Å²) in [6.07, 6.45) is 2.13. The first kappa shape index (κ1) is 9.78. The number of Topliss-reactive ketones (excluding diaryl/α,β-unsaturated/α-hetero) is 1. The summed E-state index contributed by atoms with van der Waals surface area (Å²) in [5, 5.41) is 0. The summed E-state index contributed by atoms with van der Waals surface area (Å²) in [5.74, 6) is 0.478. The Morgan fingerprint density at radius 1 is 1.70 bits per heavy atom. The summed E-state index contributed by atoms with van der Waals surface area (Å²) in [6.45, 7) is 1.45. The van der Waals surface area contributed by atoms with Gasteiger partial charge in [-0.15, -0.1) is 0 Å². The topological polar surface area (TPSA) is 60.2 Å². The molecule has 10 heavy (non-hydrogen) atoms. The van der Waals surface area contributed by atoms with Crippen LogP contribution in [0, 0.1) is 0 Å². The quantitative estimate of drug-likeness (QED) is 0.617. The first-order valence-electron chi connectivity index (χ1n) is 3.10. The lowest BCUT2D eigenvalue weighted by molar-refractivity contribution is -0.118. The fraction of sp³-hybridized carbons (Fsp3) is 0.833. The average Bonchev–Trinajstić information content (AvgIpc) is 1.82.